The molecule has 0 spiro atoms. The van der Waals surface area contributed by atoms with E-state index >= 15 is 0 Å². The first-order valence-electron chi connectivity index (χ1n) is 6.04. The van der Waals surface area contributed by atoms with Crippen molar-refractivity contribution >= 4 is 43.2 Å². The largest absolute Gasteiger partial charge is 0.487 e. The fourth-order valence-corrected chi connectivity index (χ4v) is 3.53. The Morgan fingerprint density at radius 2 is 2.05 bits per heavy atom. The van der Waals surface area contributed by atoms with E-state index < -0.39 is 0 Å². The van der Waals surface area contributed by atoms with Crippen molar-refractivity contribution < 1.29 is 4.74 Å². The monoisotopic (exact) mass is 403 g/mol. The van der Waals surface area contributed by atoms with Crippen LogP contribution in [0, 0.1) is 0 Å². The average Bonchev–Trinajstić information content (AvgIpc) is 2.81. The molecule has 2 nitrogen and oxygen atoms in total. The second-order valence-corrected chi connectivity index (χ2v) is 6.73. The van der Waals surface area contributed by atoms with Crippen molar-refractivity contribution in [2.45, 2.75) is 20.1 Å². The van der Waals surface area contributed by atoms with Gasteiger partial charge in [0.15, 0.2) is 0 Å². The van der Waals surface area contributed by atoms with Crippen LogP contribution in [0.5, 0.6) is 5.75 Å². The number of hydrogen-bond donors (Lipinski definition) is 1. The highest BCUT2D eigenvalue weighted by Crippen LogP contribution is 2.29. The average molecular weight is 405 g/mol. The molecule has 0 aliphatic rings. The molecule has 0 atom stereocenters. The maximum absolute atomic E-state index is 5.83. The van der Waals surface area contributed by atoms with Gasteiger partial charge >= 0.3 is 0 Å². The van der Waals surface area contributed by atoms with Crippen molar-refractivity contribution in [1.82, 2.24) is 5.32 Å². The fourth-order valence-electron chi connectivity index (χ4n) is 1.61. The third kappa shape index (κ3) is 4.31. The van der Waals surface area contributed by atoms with Crippen molar-refractivity contribution in [3.63, 3.8) is 0 Å². The summed E-state index contributed by atoms with van der Waals surface area (Å²) in [5.41, 5.74) is 1.25. The van der Waals surface area contributed by atoms with E-state index in [1.165, 1.54) is 10.4 Å². The SMILES string of the molecule is CCNCc1ccc(OCc2sccc2Br)c(Br)c1. The number of benzene rings is 1. The lowest BCUT2D eigenvalue weighted by Crippen LogP contribution is -2.11. The van der Waals surface area contributed by atoms with Gasteiger partial charge in [-0.15, -0.1) is 11.3 Å². The zero-order chi connectivity index (χ0) is 13.7. The number of hydrogen-bond acceptors (Lipinski definition) is 3. The zero-order valence-electron chi connectivity index (χ0n) is 10.6. The van der Waals surface area contributed by atoms with E-state index in [-0.39, 0.29) is 0 Å². The summed E-state index contributed by atoms with van der Waals surface area (Å²) in [5, 5.41) is 5.36. The molecule has 2 rings (SSSR count). The molecule has 0 aliphatic carbocycles. The highest BCUT2D eigenvalue weighted by atomic mass is 79.9. The van der Waals surface area contributed by atoms with Crippen LogP contribution in [-0.4, -0.2) is 6.54 Å². The standard InChI is InChI=1S/C14H15Br2NOS/c1-2-17-8-10-3-4-13(12(16)7-10)18-9-14-11(15)5-6-19-14/h3-7,17H,2,8-9H2,1H3. The molecule has 102 valence electrons. The van der Waals surface area contributed by atoms with Crippen molar-refractivity contribution in [2.24, 2.45) is 0 Å². The van der Waals surface area contributed by atoms with Crippen molar-refractivity contribution in [1.29, 1.82) is 0 Å². The van der Waals surface area contributed by atoms with Crippen molar-refractivity contribution in [3.05, 3.63) is 49.0 Å². The summed E-state index contributed by atoms with van der Waals surface area (Å²) in [7, 11) is 0. The minimum Gasteiger partial charge on any atom is -0.487 e. The lowest BCUT2D eigenvalue weighted by atomic mass is 10.2. The van der Waals surface area contributed by atoms with Crippen LogP contribution in [0.25, 0.3) is 0 Å². The summed E-state index contributed by atoms with van der Waals surface area (Å²) < 4.78 is 7.94. The van der Waals surface area contributed by atoms with Gasteiger partial charge in [-0.05, 0) is 67.5 Å². The normalized spacial score (nSPS) is 10.7. The summed E-state index contributed by atoms with van der Waals surface area (Å²) >= 11 is 8.76. The first-order chi connectivity index (χ1) is 9.20. The summed E-state index contributed by atoms with van der Waals surface area (Å²) in [5.74, 6) is 0.876. The molecule has 0 amide bonds. The summed E-state index contributed by atoms with van der Waals surface area (Å²) in [6, 6.07) is 8.24. The quantitative estimate of drug-likeness (QED) is 0.734. The Balaban J connectivity index is 1.99. The Bertz CT molecular complexity index is 542. The summed E-state index contributed by atoms with van der Waals surface area (Å²) in [6.07, 6.45) is 0. The lowest BCUT2D eigenvalue weighted by molar-refractivity contribution is 0.307. The first kappa shape index (κ1) is 15.0. The van der Waals surface area contributed by atoms with E-state index in [4.69, 9.17) is 4.74 Å². The number of halogens is 2. The number of nitrogens with one attached hydrogen (secondary N) is 1. The maximum Gasteiger partial charge on any atom is 0.134 e. The van der Waals surface area contributed by atoms with Crippen LogP contribution in [0.1, 0.15) is 17.4 Å². The van der Waals surface area contributed by atoms with Gasteiger partial charge in [0, 0.05) is 11.0 Å². The minimum atomic E-state index is 0.587. The molecule has 0 saturated carbocycles. The molecule has 0 bridgehead atoms. The highest BCUT2D eigenvalue weighted by molar-refractivity contribution is 9.10. The third-order valence-electron chi connectivity index (χ3n) is 2.63. The van der Waals surface area contributed by atoms with Gasteiger partial charge in [0.05, 0.1) is 9.35 Å². The first-order valence-corrected chi connectivity index (χ1v) is 8.51. The fraction of sp³-hybridized carbons (Fsp3) is 0.286. The molecule has 1 aromatic heterocycles. The topological polar surface area (TPSA) is 21.3 Å². The van der Waals surface area contributed by atoms with Crippen LogP contribution in [0.4, 0.5) is 0 Å². The Hall–Kier alpha value is -0.360. The van der Waals surface area contributed by atoms with Crippen LogP contribution >= 0.6 is 43.2 Å². The Morgan fingerprint density at radius 1 is 1.21 bits per heavy atom. The molecule has 0 unspecified atom stereocenters. The van der Waals surface area contributed by atoms with Crippen LogP contribution in [0.15, 0.2) is 38.6 Å². The predicted molar refractivity (Wildman–Crippen MR) is 87.9 cm³/mol. The molecule has 5 heteroatoms. The van der Waals surface area contributed by atoms with E-state index in [0.717, 1.165) is 27.8 Å². The zero-order valence-corrected chi connectivity index (χ0v) is 14.6. The predicted octanol–water partition coefficient (Wildman–Crippen LogP) is 4.96. The van der Waals surface area contributed by atoms with Crippen molar-refractivity contribution in [3.8, 4) is 5.75 Å². The molecule has 1 aromatic carbocycles. The molecule has 0 saturated heterocycles. The van der Waals surface area contributed by atoms with Gasteiger partial charge in [-0.3, -0.25) is 0 Å². The van der Waals surface area contributed by atoms with Gasteiger partial charge < -0.3 is 10.1 Å². The van der Waals surface area contributed by atoms with Gasteiger partial charge in [0.2, 0.25) is 0 Å². The van der Waals surface area contributed by atoms with Gasteiger partial charge in [-0.2, -0.15) is 0 Å². The second kappa shape index (κ2) is 7.43. The van der Waals surface area contributed by atoms with Crippen molar-refractivity contribution in [2.75, 3.05) is 6.54 Å². The second-order valence-electron chi connectivity index (χ2n) is 4.03. The Kier molecular flexibility index (Phi) is 5.88. The Labute approximate surface area is 134 Å². The third-order valence-corrected chi connectivity index (χ3v) is 5.14. The summed E-state index contributed by atoms with van der Waals surface area (Å²) in [6.45, 7) is 4.54. The van der Waals surface area contributed by atoms with Crippen LogP contribution in [0.3, 0.4) is 0 Å². The molecular formula is C14H15Br2NOS. The van der Waals surface area contributed by atoms with Crippen LogP contribution in [-0.2, 0) is 13.2 Å². The molecule has 2 aromatic rings. The molecule has 0 aliphatic heterocycles. The molecule has 19 heavy (non-hydrogen) atoms. The molecule has 0 fully saturated rings. The van der Waals surface area contributed by atoms with Gasteiger partial charge in [0.1, 0.15) is 12.4 Å². The van der Waals surface area contributed by atoms with Crippen LogP contribution < -0.4 is 10.1 Å². The maximum atomic E-state index is 5.83. The van der Waals surface area contributed by atoms with E-state index in [9.17, 15) is 0 Å². The Morgan fingerprint density at radius 3 is 2.68 bits per heavy atom. The number of thiophene rings is 1. The van der Waals surface area contributed by atoms with E-state index in [2.05, 4.69) is 61.6 Å². The highest BCUT2D eigenvalue weighted by Gasteiger charge is 2.06. The van der Waals surface area contributed by atoms with E-state index in [0.29, 0.717) is 6.61 Å². The molecule has 0 radical (unpaired) electrons. The van der Waals surface area contributed by atoms with E-state index in [1.807, 2.05) is 12.1 Å². The smallest absolute Gasteiger partial charge is 0.134 e. The van der Waals surface area contributed by atoms with E-state index in [1.54, 1.807) is 11.3 Å². The number of rotatable bonds is 6. The van der Waals surface area contributed by atoms with Gasteiger partial charge in [0.25, 0.3) is 0 Å². The molecule has 1 N–H and O–H groups in total. The van der Waals surface area contributed by atoms with Gasteiger partial charge in [-0.1, -0.05) is 13.0 Å². The minimum absolute atomic E-state index is 0.587. The summed E-state index contributed by atoms with van der Waals surface area (Å²) in [4.78, 5) is 1.20. The van der Waals surface area contributed by atoms with Gasteiger partial charge in [-0.25, -0.2) is 0 Å². The lowest BCUT2D eigenvalue weighted by Gasteiger charge is -2.09. The molecule has 1 heterocycles. The number of ether oxygens (including phenoxy) is 1. The molecular weight excluding hydrogens is 390 g/mol. The van der Waals surface area contributed by atoms with Crippen LogP contribution in [0.2, 0.25) is 0 Å².